The summed E-state index contributed by atoms with van der Waals surface area (Å²) >= 11 is 18.4. The third-order valence-electron chi connectivity index (χ3n) is 4.42. The Hall–Kier alpha value is -2.28. The number of aromatic nitrogens is 2. The maximum Gasteiger partial charge on any atom is 0.295 e. The van der Waals surface area contributed by atoms with Crippen LogP contribution in [-0.4, -0.2) is 14.6 Å². The molecule has 0 N–H and O–H groups in total. The summed E-state index contributed by atoms with van der Waals surface area (Å²) in [4.78, 5) is 20.9. The van der Waals surface area contributed by atoms with E-state index in [2.05, 4.69) is 4.98 Å². The molecule has 0 aliphatic carbocycles. The van der Waals surface area contributed by atoms with Gasteiger partial charge < -0.3 is 9.40 Å². The van der Waals surface area contributed by atoms with Crippen molar-refractivity contribution in [2.24, 2.45) is 0 Å². The number of aryl methyl sites for hydroxylation is 1. The summed E-state index contributed by atoms with van der Waals surface area (Å²) in [6.07, 6.45) is 5.03. The topological polar surface area (TPSA) is 70.2 Å². The zero-order valence-corrected chi connectivity index (χ0v) is 17.1. The molecule has 2 aromatic carbocycles. The van der Waals surface area contributed by atoms with Crippen molar-refractivity contribution >= 4 is 34.8 Å². The molecule has 9 heteroatoms. The molecular formula is C19H16Cl3N3O3. The normalized spacial score (nSPS) is 13.1. The molecule has 1 heterocycles. The first-order valence-corrected chi connectivity index (χ1v) is 9.42. The predicted octanol–water partition coefficient (Wildman–Crippen LogP) is 5.50. The summed E-state index contributed by atoms with van der Waals surface area (Å²) < 4.78 is 1.72. The fraction of sp³-hybridized carbons (Fsp3) is 0.211. The second kappa shape index (κ2) is 8.39. The molecule has 0 fully saturated rings. The van der Waals surface area contributed by atoms with E-state index < -0.39 is 10.7 Å². The van der Waals surface area contributed by atoms with Crippen LogP contribution in [0.2, 0.25) is 15.1 Å². The van der Waals surface area contributed by atoms with E-state index in [1.807, 2.05) is 6.92 Å². The van der Waals surface area contributed by atoms with Crippen molar-refractivity contribution < 1.29 is 9.92 Å². The van der Waals surface area contributed by atoms with E-state index in [0.29, 0.717) is 26.2 Å². The summed E-state index contributed by atoms with van der Waals surface area (Å²) in [6.45, 7) is 1.98. The van der Waals surface area contributed by atoms with Crippen LogP contribution < -0.4 is 0 Å². The van der Waals surface area contributed by atoms with Gasteiger partial charge in [0, 0.05) is 33.9 Å². The first-order chi connectivity index (χ1) is 13.3. The zero-order chi connectivity index (χ0) is 20.3. The fourth-order valence-corrected chi connectivity index (χ4v) is 3.98. The molecule has 28 heavy (non-hydrogen) atoms. The molecule has 0 radical (unpaired) electrons. The maximum atomic E-state index is 11.5. The standard InChI is InChI=1S/C19H16Cl3N3O3/c1-13-8-15(20)4-5-17(13)19(28-25(26)27,11-24-7-6-23-12-24)10-14-2-3-16(21)9-18(14)22/h2-9,12H,10-11H2,1H3. The zero-order valence-electron chi connectivity index (χ0n) is 14.8. The second-order valence-electron chi connectivity index (χ2n) is 6.42. The van der Waals surface area contributed by atoms with E-state index in [9.17, 15) is 10.1 Å². The van der Waals surface area contributed by atoms with Crippen LogP contribution in [-0.2, 0) is 23.4 Å². The Balaban J connectivity index is 2.17. The number of imidazole rings is 1. The lowest BCUT2D eigenvalue weighted by molar-refractivity contribution is -0.785. The first kappa shape index (κ1) is 20.5. The molecule has 3 aromatic rings. The minimum atomic E-state index is -1.35. The van der Waals surface area contributed by atoms with E-state index in [1.54, 1.807) is 59.7 Å². The summed E-state index contributed by atoms with van der Waals surface area (Å²) in [6, 6.07) is 10.2. The highest BCUT2D eigenvalue weighted by Gasteiger charge is 2.39. The molecule has 146 valence electrons. The molecule has 6 nitrogen and oxygen atoms in total. The first-order valence-electron chi connectivity index (χ1n) is 8.29. The van der Waals surface area contributed by atoms with Gasteiger partial charge in [-0.25, -0.2) is 4.98 Å². The minimum Gasteiger partial charge on any atom is -0.335 e. The average Bonchev–Trinajstić information content (AvgIpc) is 3.09. The number of nitrogens with zero attached hydrogens (tertiary/aromatic N) is 3. The van der Waals surface area contributed by atoms with E-state index >= 15 is 0 Å². The maximum absolute atomic E-state index is 11.5. The molecule has 0 bridgehead atoms. The van der Waals surface area contributed by atoms with Crippen molar-refractivity contribution in [1.82, 2.24) is 9.55 Å². The number of hydrogen-bond acceptors (Lipinski definition) is 4. The molecule has 0 spiro atoms. The van der Waals surface area contributed by atoms with Crippen molar-refractivity contribution in [3.05, 3.63) is 97.0 Å². The van der Waals surface area contributed by atoms with E-state index in [4.69, 9.17) is 39.6 Å². The fourth-order valence-electron chi connectivity index (χ4n) is 3.28. The summed E-state index contributed by atoms with van der Waals surface area (Å²) in [7, 11) is 0. The Morgan fingerprint density at radius 1 is 1.18 bits per heavy atom. The van der Waals surface area contributed by atoms with E-state index in [0.717, 1.165) is 5.56 Å². The highest BCUT2D eigenvalue weighted by atomic mass is 35.5. The van der Waals surface area contributed by atoms with Gasteiger partial charge in [-0.2, -0.15) is 0 Å². The molecule has 1 aromatic heterocycles. The van der Waals surface area contributed by atoms with Crippen molar-refractivity contribution in [2.75, 3.05) is 0 Å². The van der Waals surface area contributed by atoms with Gasteiger partial charge in [0.05, 0.1) is 12.9 Å². The SMILES string of the molecule is Cc1cc(Cl)ccc1C(Cc1ccc(Cl)cc1Cl)(Cn1ccnc1)O[N+](=O)[O-]. The highest BCUT2D eigenvalue weighted by molar-refractivity contribution is 6.35. The minimum absolute atomic E-state index is 0.143. The molecule has 0 amide bonds. The Bertz CT molecular complexity index is 995. The van der Waals surface area contributed by atoms with Gasteiger partial charge in [0.15, 0.2) is 5.60 Å². The molecule has 1 atom stereocenters. The van der Waals surface area contributed by atoms with Gasteiger partial charge in [-0.1, -0.05) is 46.9 Å². The number of benzene rings is 2. The monoisotopic (exact) mass is 439 g/mol. The van der Waals surface area contributed by atoms with Gasteiger partial charge in [0.25, 0.3) is 5.09 Å². The third kappa shape index (κ3) is 4.58. The van der Waals surface area contributed by atoms with Crippen LogP contribution in [0.3, 0.4) is 0 Å². The van der Waals surface area contributed by atoms with Crippen molar-refractivity contribution in [3.63, 3.8) is 0 Å². The van der Waals surface area contributed by atoms with Crippen molar-refractivity contribution in [1.29, 1.82) is 0 Å². The number of hydrogen-bond donors (Lipinski definition) is 0. The average molecular weight is 441 g/mol. The third-order valence-corrected chi connectivity index (χ3v) is 5.24. The highest BCUT2D eigenvalue weighted by Crippen LogP contribution is 2.37. The predicted molar refractivity (Wildman–Crippen MR) is 108 cm³/mol. The van der Waals surface area contributed by atoms with Gasteiger partial charge >= 0.3 is 0 Å². The Labute approximate surface area is 176 Å². The van der Waals surface area contributed by atoms with Crippen LogP contribution in [0.5, 0.6) is 0 Å². The van der Waals surface area contributed by atoms with Crippen LogP contribution in [0.25, 0.3) is 0 Å². The Morgan fingerprint density at radius 2 is 1.89 bits per heavy atom. The number of rotatable bonds is 7. The summed E-state index contributed by atoms with van der Waals surface area (Å²) in [5.74, 6) is 0. The lowest BCUT2D eigenvalue weighted by atomic mass is 9.84. The van der Waals surface area contributed by atoms with Crippen LogP contribution in [0.4, 0.5) is 0 Å². The number of halogens is 3. The smallest absolute Gasteiger partial charge is 0.295 e. The molecular weight excluding hydrogens is 425 g/mol. The van der Waals surface area contributed by atoms with E-state index in [-0.39, 0.29) is 13.0 Å². The van der Waals surface area contributed by atoms with Crippen LogP contribution >= 0.6 is 34.8 Å². The van der Waals surface area contributed by atoms with Gasteiger partial charge in [-0.3, -0.25) is 0 Å². The van der Waals surface area contributed by atoms with Gasteiger partial charge in [0.1, 0.15) is 0 Å². The molecule has 1 unspecified atom stereocenters. The van der Waals surface area contributed by atoms with Crippen molar-refractivity contribution in [3.8, 4) is 0 Å². The van der Waals surface area contributed by atoms with Crippen molar-refractivity contribution in [2.45, 2.75) is 25.5 Å². The largest absolute Gasteiger partial charge is 0.335 e. The van der Waals surface area contributed by atoms with Crippen LogP contribution in [0.15, 0.2) is 55.1 Å². The Morgan fingerprint density at radius 3 is 2.50 bits per heavy atom. The molecule has 0 saturated carbocycles. The lowest BCUT2D eigenvalue weighted by Gasteiger charge is -2.34. The van der Waals surface area contributed by atoms with Gasteiger partial charge in [-0.05, 0) is 47.9 Å². The molecule has 3 rings (SSSR count). The Kier molecular flexibility index (Phi) is 6.13. The molecule has 0 aliphatic rings. The van der Waals surface area contributed by atoms with Gasteiger partial charge in [-0.15, -0.1) is 10.1 Å². The quantitative estimate of drug-likeness (QED) is 0.359. The molecule has 0 aliphatic heterocycles. The van der Waals surface area contributed by atoms with E-state index in [1.165, 1.54) is 0 Å². The second-order valence-corrected chi connectivity index (χ2v) is 7.70. The van der Waals surface area contributed by atoms with Gasteiger partial charge in [0.2, 0.25) is 0 Å². The lowest BCUT2D eigenvalue weighted by Crippen LogP contribution is -2.39. The summed E-state index contributed by atoms with van der Waals surface area (Å²) in [5, 5.41) is 12.1. The molecule has 0 saturated heterocycles. The van der Waals surface area contributed by atoms with Crippen LogP contribution in [0.1, 0.15) is 16.7 Å². The summed E-state index contributed by atoms with van der Waals surface area (Å²) in [5.41, 5.74) is 0.714. The van der Waals surface area contributed by atoms with Crippen LogP contribution in [0, 0.1) is 17.0 Å².